The minimum atomic E-state index is -1.04. The van der Waals surface area contributed by atoms with Crippen molar-refractivity contribution >= 4 is 11.7 Å². The maximum Gasteiger partial charge on any atom is 0.333 e. The summed E-state index contributed by atoms with van der Waals surface area (Å²) in [4.78, 5) is 11.2. The minimum Gasteiger partial charge on any atom is -0.493 e. The Labute approximate surface area is 145 Å². The van der Waals surface area contributed by atoms with Crippen LogP contribution in [0.1, 0.15) is 18.9 Å². The number of hydrogen-bond donors (Lipinski definition) is 1. The summed E-state index contributed by atoms with van der Waals surface area (Å²) < 4.78 is 5.58. The van der Waals surface area contributed by atoms with Gasteiger partial charge in [0.1, 0.15) is 5.75 Å². The molecule has 1 N–H and O–H groups in total. The van der Waals surface area contributed by atoms with Crippen LogP contribution in [0.25, 0.3) is 0 Å². The normalized spacial score (nSPS) is 11.7. The molecule has 2 rings (SSSR count). The Balaban J connectivity index is 2.04. The van der Waals surface area contributed by atoms with Gasteiger partial charge in [-0.25, -0.2) is 4.79 Å². The number of hydrogen-bond acceptors (Lipinski definition) is 5. The van der Waals surface area contributed by atoms with Gasteiger partial charge in [0.2, 0.25) is 0 Å². The monoisotopic (exact) mass is 335 g/mol. The van der Waals surface area contributed by atoms with Gasteiger partial charge >= 0.3 is 5.97 Å². The van der Waals surface area contributed by atoms with Gasteiger partial charge in [0, 0.05) is 6.42 Å². The Hall–Kier alpha value is -3.46. The average molecular weight is 335 g/mol. The van der Waals surface area contributed by atoms with E-state index < -0.39 is 5.97 Å². The van der Waals surface area contributed by atoms with E-state index in [1.54, 1.807) is 36.4 Å². The molecule has 0 aliphatic heterocycles. The number of rotatable bonds is 7. The van der Waals surface area contributed by atoms with Crippen molar-refractivity contribution in [2.75, 3.05) is 6.61 Å². The smallest absolute Gasteiger partial charge is 0.333 e. The van der Waals surface area contributed by atoms with E-state index in [4.69, 9.17) is 10.00 Å². The van der Waals surface area contributed by atoms with Crippen LogP contribution in [0.4, 0.5) is 5.69 Å². The van der Waals surface area contributed by atoms with Crippen molar-refractivity contribution in [2.45, 2.75) is 13.3 Å². The van der Waals surface area contributed by atoms with Crippen LogP contribution in [0.3, 0.4) is 0 Å². The van der Waals surface area contributed by atoms with Crippen molar-refractivity contribution in [1.82, 2.24) is 0 Å². The van der Waals surface area contributed by atoms with Crippen LogP contribution >= 0.6 is 0 Å². The lowest BCUT2D eigenvalue weighted by Gasteiger charge is -2.07. The third-order valence-electron chi connectivity index (χ3n) is 3.39. The SMILES string of the molecule is CC(C(=O)O)=C(CCOc1ccc(C#N)cc1)N=Nc1ccccc1. The fraction of sp³-hybridized carbons (Fsp3) is 0.158. The second-order valence-corrected chi connectivity index (χ2v) is 5.15. The first-order chi connectivity index (χ1) is 12.1. The van der Waals surface area contributed by atoms with Crippen molar-refractivity contribution < 1.29 is 14.6 Å². The molecule has 0 spiro atoms. The topological polar surface area (TPSA) is 95.0 Å². The molecule has 0 saturated heterocycles. The summed E-state index contributed by atoms with van der Waals surface area (Å²) >= 11 is 0. The molecule has 0 atom stereocenters. The molecule has 6 heteroatoms. The molecule has 0 saturated carbocycles. The van der Waals surface area contributed by atoms with E-state index in [2.05, 4.69) is 10.2 Å². The molecule has 2 aromatic rings. The molecule has 0 amide bonds. The van der Waals surface area contributed by atoms with Crippen LogP contribution < -0.4 is 4.74 Å². The number of ether oxygens (including phenoxy) is 1. The number of nitrogens with zero attached hydrogens (tertiary/aromatic N) is 3. The standard InChI is InChI=1S/C19H17N3O3/c1-14(19(23)24)18(22-21-16-5-3-2-4-6-16)11-12-25-17-9-7-15(13-20)8-10-17/h2-10H,11-12H2,1H3,(H,23,24). The van der Waals surface area contributed by atoms with Gasteiger partial charge in [-0.1, -0.05) is 18.2 Å². The van der Waals surface area contributed by atoms with E-state index in [-0.39, 0.29) is 12.2 Å². The van der Waals surface area contributed by atoms with Gasteiger partial charge in [-0.3, -0.25) is 0 Å². The highest BCUT2D eigenvalue weighted by Gasteiger charge is 2.10. The molecule has 0 unspecified atom stereocenters. The van der Waals surface area contributed by atoms with Crippen molar-refractivity contribution in [1.29, 1.82) is 5.26 Å². The maximum absolute atomic E-state index is 11.2. The highest BCUT2D eigenvalue weighted by molar-refractivity contribution is 5.86. The van der Waals surface area contributed by atoms with E-state index in [1.165, 1.54) is 6.92 Å². The van der Waals surface area contributed by atoms with Crippen LogP contribution in [0, 0.1) is 11.3 Å². The average Bonchev–Trinajstić information content (AvgIpc) is 2.65. The van der Waals surface area contributed by atoms with Gasteiger partial charge in [0.05, 0.1) is 35.2 Å². The number of nitriles is 1. The molecule has 0 radical (unpaired) electrons. The zero-order chi connectivity index (χ0) is 18.1. The fourth-order valence-electron chi connectivity index (χ4n) is 1.94. The summed E-state index contributed by atoms with van der Waals surface area (Å²) in [6.45, 7) is 1.74. The van der Waals surface area contributed by atoms with Crippen molar-refractivity contribution in [2.24, 2.45) is 10.2 Å². The van der Waals surface area contributed by atoms with Crippen molar-refractivity contribution in [3.05, 3.63) is 71.4 Å². The lowest BCUT2D eigenvalue weighted by Crippen LogP contribution is -2.04. The van der Waals surface area contributed by atoms with Gasteiger partial charge in [-0.15, -0.1) is 0 Å². The number of carboxylic acids is 1. The van der Waals surface area contributed by atoms with Gasteiger partial charge in [-0.2, -0.15) is 15.5 Å². The molecule has 6 nitrogen and oxygen atoms in total. The fourth-order valence-corrected chi connectivity index (χ4v) is 1.94. The van der Waals surface area contributed by atoms with E-state index in [0.717, 1.165) is 0 Å². The number of azo groups is 1. The van der Waals surface area contributed by atoms with Gasteiger partial charge in [0.15, 0.2) is 0 Å². The molecule has 25 heavy (non-hydrogen) atoms. The lowest BCUT2D eigenvalue weighted by atomic mass is 10.2. The Morgan fingerprint density at radius 3 is 2.44 bits per heavy atom. The van der Waals surface area contributed by atoms with E-state index in [1.807, 2.05) is 24.3 Å². The molecule has 0 aliphatic rings. The molecule has 0 fully saturated rings. The summed E-state index contributed by atoms with van der Waals surface area (Å²) in [6.07, 6.45) is 0.300. The largest absolute Gasteiger partial charge is 0.493 e. The second kappa shape index (κ2) is 8.99. The van der Waals surface area contributed by atoms with Gasteiger partial charge in [0.25, 0.3) is 0 Å². The molecular formula is C19H17N3O3. The lowest BCUT2D eigenvalue weighted by molar-refractivity contribution is -0.132. The van der Waals surface area contributed by atoms with Crippen LogP contribution in [0.2, 0.25) is 0 Å². The van der Waals surface area contributed by atoms with Crippen LogP contribution in [0.5, 0.6) is 5.75 Å². The summed E-state index contributed by atoms with van der Waals surface area (Å²) in [5.41, 5.74) is 1.67. The molecular weight excluding hydrogens is 318 g/mol. The second-order valence-electron chi connectivity index (χ2n) is 5.15. The molecule has 0 heterocycles. The molecule has 0 aromatic heterocycles. The summed E-state index contributed by atoms with van der Waals surface area (Å²) in [6, 6.07) is 17.8. The maximum atomic E-state index is 11.2. The van der Waals surface area contributed by atoms with Gasteiger partial charge < -0.3 is 9.84 Å². The zero-order valence-electron chi connectivity index (χ0n) is 13.7. The third kappa shape index (κ3) is 5.59. The first-order valence-corrected chi connectivity index (χ1v) is 7.63. The summed E-state index contributed by atoms with van der Waals surface area (Å²) in [7, 11) is 0. The number of benzene rings is 2. The van der Waals surface area contributed by atoms with Crippen molar-refractivity contribution in [3.63, 3.8) is 0 Å². The Bertz CT molecular complexity index is 819. The van der Waals surface area contributed by atoms with Crippen molar-refractivity contribution in [3.8, 4) is 11.8 Å². The predicted octanol–water partition coefficient (Wildman–Crippen LogP) is 4.47. The number of carbonyl (C=O) groups is 1. The number of carboxylic acid groups (broad SMARTS) is 1. The van der Waals surface area contributed by atoms with Crippen LogP contribution in [-0.2, 0) is 4.79 Å². The zero-order valence-corrected chi connectivity index (χ0v) is 13.7. The summed E-state index contributed by atoms with van der Waals surface area (Å²) in [5.74, 6) is -0.438. The Kier molecular flexibility index (Phi) is 6.43. The van der Waals surface area contributed by atoms with Crippen LogP contribution in [0.15, 0.2) is 76.1 Å². The molecule has 0 aliphatic carbocycles. The van der Waals surface area contributed by atoms with E-state index >= 15 is 0 Å². The summed E-state index contributed by atoms with van der Waals surface area (Å²) in [5, 5.41) is 26.1. The van der Waals surface area contributed by atoms with Crippen LogP contribution in [-0.4, -0.2) is 17.7 Å². The Morgan fingerprint density at radius 1 is 1.16 bits per heavy atom. The van der Waals surface area contributed by atoms with E-state index in [9.17, 15) is 9.90 Å². The minimum absolute atomic E-state index is 0.128. The highest BCUT2D eigenvalue weighted by Crippen LogP contribution is 2.18. The first kappa shape index (κ1) is 17.9. The predicted molar refractivity (Wildman–Crippen MR) is 92.6 cm³/mol. The molecule has 0 bridgehead atoms. The molecule has 126 valence electrons. The quantitative estimate of drug-likeness (QED) is 0.596. The highest BCUT2D eigenvalue weighted by atomic mass is 16.5. The number of aliphatic carboxylic acids is 1. The Morgan fingerprint density at radius 2 is 1.84 bits per heavy atom. The first-order valence-electron chi connectivity index (χ1n) is 7.63. The van der Waals surface area contributed by atoms with Gasteiger partial charge in [-0.05, 0) is 43.3 Å². The molecule has 2 aromatic carbocycles. The third-order valence-corrected chi connectivity index (χ3v) is 3.39. The van der Waals surface area contributed by atoms with E-state index in [0.29, 0.717) is 29.1 Å².